The van der Waals surface area contributed by atoms with Crippen LogP contribution in [-0.2, 0) is 30.9 Å². The summed E-state index contributed by atoms with van der Waals surface area (Å²) in [5.41, 5.74) is 0.909. The topological polar surface area (TPSA) is 106 Å². The van der Waals surface area contributed by atoms with E-state index in [4.69, 9.17) is 9.15 Å². The average Bonchev–Trinajstić information content (AvgIpc) is 3.12. The number of hydrogen-bond acceptors (Lipinski definition) is 6. The van der Waals surface area contributed by atoms with Crippen molar-refractivity contribution >= 4 is 21.9 Å². The van der Waals surface area contributed by atoms with Crippen LogP contribution in [-0.4, -0.2) is 43.8 Å². The van der Waals surface area contributed by atoms with Crippen molar-refractivity contribution in [1.82, 2.24) is 9.62 Å². The van der Waals surface area contributed by atoms with Gasteiger partial charge in [-0.2, -0.15) is 4.31 Å². The number of sulfonamides is 1. The summed E-state index contributed by atoms with van der Waals surface area (Å²) in [6.07, 6.45) is 1.42. The van der Waals surface area contributed by atoms with Crippen LogP contribution in [0.2, 0.25) is 0 Å². The Morgan fingerprint density at radius 2 is 1.86 bits per heavy atom. The molecule has 28 heavy (non-hydrogen) atoms. The van der Waals surface area contributed by atoms with E-state index in [0.29, 0.717) is 5.76 Å². The molecule has 0 aliphatic heterocycles. The normalized spacial score (nSPS) is 11.6. The summed E-state index contributed by atoms with van der Waals surface area (Å²) in [7, 11) is -3.97. The van der Waals surface area contributed by atoms with Gasteiger partial charge in [-0.25, -0.2) is 8.42 Å². The highest BCUT2D eigenvalue weighted by atomic mass is 32.2. The van der Waals surface area contributed by atoms with Gasteiger partial charge in [0.2, 0.25) is 10.0 Å². The van der Waals surface area contributed by atoms with E-state index in [9.17, 15) is 18.0 Å². The first-order chi connectivity index (χ1) is 13.2. The Hall–Kier alpha value is -2.65. The van der Waals surface area contributed by atoms with Gasteiger partial charge in [0.1, 0.15) is 12.3 Å². The third kappa shape index (κ3) is 6.21. The van der Waals surface area contributed by atoms with Gasteiger partial charge >= 0.3 is 5.97 Å². The molecule has 0 aliphatic carbocycles. The predicted octanol–water partition coefficient (Wildman–Crippen LogP) is 1.85. The van der Waals surface area contributed by atoms with Gasteiger partial charge in [0.05, 0.1) is 17.7 Å². The lowest BCUT2D eigenvalue weighted by atomic mass is 10.2. The average molecular weight is 408 g/mol. The van der Waals surface area contributed by atoms with Crippen molar-refractivity contribution in [3.63, 3.8) is 0 Å². The molecule has 1 aromatic heterocycles. The van der Waals surface area contributed by atoms with Crippen LogP contribution >= 0.6 is 0 Å². The first-order valence-corrected chi connectivity index (χ1v) is 10.2. The minimum Gasteiger partial charge on any atom is -0.468 e. The van der Waals surface area contributed by atoms with E-state index in [2.05, 4.69) is 5.32 Å². The van der Waals surface area contributed by atoms with Gasteiger partial charge in [0, 0.05) is 6.04 Å². The van der Waals surface area contributed by atoms with E-state index >= 15 is 0 Å². The number of rotatable bonds is 9. The molecule has 0 bridgehead atoms. The van der Waals surface area contributed by atoms with E-state index in [1.165, 1.54) is 18.4 Å². The van der Waals surface area contributed by atoms with Crippen molar-refractivity contribution in [2.45, 2.75) is 38.3 Å². The fourth-order valence-electron chi connectivity index (χ4n) is 2.36. The fraction of sp³-hybridized carbons (Fsp3) is 0.368. The third-order valence-electron chi connectivity index (χ3n) is 3.69. The number of nitrogens with one attached hydrogen (secondary N) is 1. The second-order valence-electron chi connectivity index (χ2n) is 6.55. The zero-order valence-corrected chi connectivity index (χ0v) is 16.9. The molecule has 1 heterocycles. The Labute approximate surface area is 164 Å². The van der Waals surface area contributed by atoms with Crippen LogP contribution in [0, 0.1) is 6.92 Å². The summed E-state index contributed by atoms with van der Waals surface area (Å²) in [6, 6.07) is 9.44. The lowest BCUT2D eigenvalue weighted by Crippen LogP contribution is -2.38. The lowest BCUT2D eigenvalue weighted by molar-refractivity contribution is -0.148. The second-order valence-corrected chi connectivity index (χ2v) is 8.49. The number of amides is 1. The number of carbonyl (C=O) groups excluding carboxylic acids is 2. The first-order valence-electron chi connectivity index (χ1n) is 8.72. The van der Waals surface area contributed by atoms with Gasteiger partial charge in [-0.1, -0.05) is 17.7 Å². The molecule has 0 saturated carbocycles. The number of hydrogen-bond donors (Lipinski definition) is 1. The number of benzene rings is 1. The maximum absolute atomic E-state index is 13.0. The van der Waals surface area contributed by atoms with Crippen LogP contribution in [0.15, 0.2) is 52.0 Å². The minimum atomic E-state index is -3.97. The lowest BCUT2D eigenvalue weighted by Gasteiger charge is -2.20. The molecule has 8 nitrogen and oxygen atoms in total. The molecule has 2 aromatic rings. The first kappa shape index (κ1) is 21.6. The highest BCUT2D eigenvalue weighted by Gasteiger charge is 2.28. The predicted molar refractivity (Wildman–Crippen MR) is 102 cm³/mol. The van der Waals surface area contributed by atoms with Crippen LogP contribution in [0.1, 0.15) is 25.2 Å². The molecule has 1 N–H and O–H groups in total. The zero-order chi connectivity index (χ0) is 20.7. The van der Waals surface area contributed by atoms with Crippen molar-refractivity contribution in [2.24, 2.45) is 0 Å². The third-order valence-corrected chi connectivity index (χ3v) is 5.50. The van der Waals surface area contributed by atoms with Crippen molar-refractivity contribution in [3.05, 3.63) is 54.0 Å². The highest BCUT2D eigenvalue weighted by Crippen LogP contribution is 2.19. The van der Waals surface area contributed by atoms with Crippen LogP contribution in [0.25, 0.3) is 0 Å². The number of ether oxygens (including phenoxy) is 1. The summed E-state index contributed by atoms with van der Waals surface area (Å²) in [5, 5.41) is 2.59. The number of furan rings is 1. The zero-order valence-electron chi connectivity index (χ0n) is 16.0. The van der Waals surface area contributed by atoms with Gasteiger partial charge in [0.15, 0.2) is 6.61 Å². The maximum Gasteiger partial charge on any atom is 0.321 e. The Balaban J connectivity index is 2.14. The maximum atomic E-state index is 13.0. The molecule has 152 valence electrons. The molecular formula is C19H24N2O6S. The van der Waals surface area contributed by atoms with Crippen LogP contribution < -0.4 is 5.32 Å². The van der Waals surface area contributed by atoms with E-state index in [-0.39, 0.29) is 17.5 Å². The molecule has 0 atom stereocenters. The smallest absolute Gasteiger partial charge is 0.321 e. The minimum absolute atomic E-state index is 0.0509. The fourth-order valence-corrected chi connectivity index (χ4v) is 3.71. The Kier molecular flexibility index (Phi) is 7.36. The summed E-state index contributed by atoms with van der Waals surface area (Å²) >= 11 is 0. The van der Waals surface area contributed by atoms with Gasteiger partial charge in [-0.3, -0.25) is 9.59 Å². The summed E-state index contributed by atoms with van der Waals surface area (Å²) in [4.78, 5) is 23.8. The summed E-state index contributed by atoms with van der Waals surface area (Å²) in [6.45, 7) is 4.23. The van der Waals surface area contributed by atoms with Crippen molar-refractivity contribution in [2.75, 3.05) is 13.2 Å². The van der Waals surface area contributed by atoms with Gasteiger partial charge in [-0.05, 0) is 45.0 Å². The Bertz CT molecular complexity index is 889. The number of esters is 1. The largest absolute Gasteiger partial charge is 0.468 e. The number of aryl methyl sites for hydroxylation is 1. The van der Waals surface area contributed by atoms with Crippen LogP contribution in [0.4, 0.5) is 0 Å². The van der Waals surface area contributed by atoms with E-state index < -0.39 is 35.1 Å². The summed E-state index contributed by atoms with van der Waals surface area (Å²) in [5.74, 6) is -0.912. The molecule has 0 saturated heterocycles. The monoisotopic (exact) mass is 408 g/mol. The van der Waals surface area contributed by atoms with E-state index in [1.807, 2.05) is 6.92 Å². The van der Waals surface area contributed by atoms with Crippen molar-refractivity contribution in [3.8, 4) is 0 Å². The second kappa shape index (κ2) is 9.52. The van der Waals surface area contributed by atoms with Gasteiger partial charge in [-0.15, -0.1) is 0 Å². The van der Waals surface area contributed by atoms with Gasteiger partial charge < -0.3 is 14.5 Å². The SMILES string of the molecule is Cc1ccc(S(=O)(=O)N(CC(=O)OCC(=O)NC(C)C)Cc2ccco2)cc1. The molecule has 9 heteroatoms. The van der Waals surface area contributed by atoms with E-state index in [0.717, 1.165) is 9.87 Å². The van der Waals surface area contributed by atoms with Gasteiger partial charge in [0.25, 0.3) is 5.91 Å². The van der Waals surface area contributed by atoms with Crippen molar-refractivity contribution < 1.29 is 27.2 Å². The quantitative estimate of drug-likeness (QED) is 0.635. The standard InChI is InChI=1S/C19H24N2O6S/c1-14(2)20-18(22)13-27-19(23)12-21(11-16-5-4-10-26-16)28(24,25)17-8-6-15(3)7-9-17/h4-10,14H,11-13H2,1-3H3,(H,20,22). The summed E-state index contributed by atoms with van der Waals surface area (Å²) < 4.78 is 37.1. The molecule has 0 aliphatic rings. The number of carbonyl (C=O) groups is 2. The molecule has 1 aromatic carbocycles. The number of nitrogens with zero attached hydrogens (tertiary/aromatic N) is 1. The Morgan fingerprint density at radius 3 is 2.43 bits per heavy atom. The molecule has 2 rings (SSSR count). The van der Waals surface area contributed by atoms with Crippen molar-refractivity contribution in [1.29, 1.82) is 0 Å². The molecule has 1 amide bonds. The molecule has 0 fully saturated rings. The van der Waals surface area contributed by atoms with Crippen LogP contribution in [0.3, 0.4) is 0 Å². The Morgan fingerprint density at radius 1 is 1.18 bits per heavy atom. The molecular weight excluding hydrogens is 384 g/mol. The molecule has 0 unspecified atom stereocenters. The molecule has 0 radical (unpaired) electrons. The van der Waals surface area contributed by atoms with E-state index in [1.54, 1.807) is 38.1 Å². The highest BCUT2D eigenvalue weighted by molar-refractivity contribution is 7.89. The molecule has 0 spiro atoms. The van der Waals surface area contributed by atoms with Crippen LogP contribution in [0.5, 0.6) is 0 Å².